The van der Waals surface area contributed by atoms with E-state index in [1.807, 2.05) is 94.4 Å². The number of benzene rings is 3. The molecule has 1 N–H and O–H groups in total. The fourth-order valence-corrected chi connectivity index (χ4v) is 3.90. The van der Waals surface area contributed by atoms with E-state index in [1.54, 1.807) is 0 Å². The number of hydrogen-bond donors (Lipinski definition) is 1. The Morgan fingerprint density at radius 1 is 0.853 bits per heavy atom. The fraction of sp³-hybridized carbons (Fsp3) is 0.241. The van der Waals surface area contributed by atoms with Gasteiger partial charge in [0, 0.05) is 11.8 Å². The second-order valence-corrected chi connectivity index (χ2v) is 8.73. The zero-order chi connectivity index (χ0) is 24.2. The zero-order valence-corrected chi connectivity index (χ0v) is 20.1. The third-order valence-corrected chi connectivity index (χ3v) is 6.00. The van der Waals surface area contributed by atoms with E-state index in [0.29, 0.717) is 23.6 Å². The van der Waals surface area contributed by atoms with Crippen molar-refractivity contribution in [3.05, 3.63) is 100 Å². The predicted molar refractivity (Wildman–Crippen MR) is 135 cm³/mol. The number of carbonyl (C=O) groups excluding carboxylic acids is 2. The first-order valence-electron chi connectivity index (χ1n) is 11.6. The van der Waals surface area contributed by atoms with Gasteiger partial charge >= 0.3 is 0 Å². The minimum Gasteiger partial charge on any atom is -0.494 e. The SMILES string of the molecule is CCCOc1cccc(NC2=C(c3ccc(C)c(C)c3)C(=O)N(Cc3ccc(C)cc3)C2=O)c1. The molecule has 2 amide bonds. The van der Waals surface area contributed by atoms with Gasteiger partial charge in [-0.2, -0.15) is 0 Å². The molecule has 1 aliphatic rings. The van der Waals surface area contributed by atoms with Gasteiger partial charge in [0.2, 0.25) is 0 Å². The summed E-state index contributed by atoms with van der Waals surface area (Å²) in [5, 5.41) is 3.23. The average Bonchev–Trinajstić information content (AvgIpc) is 3.05. The Balaban J connectivity index is 1.72. The van der Waals surface area contributed by atoms with Crippen molar-refractivity contribution in [3.8, 4) is 5.75 Å². The van der Waals surface area contributed by atoms with Crippen LogP contribution in [0.5, 0.6) is 5.75 Å². The van der Waals surface area contributed by atoms with Crippen LogP contribution >= 0.6 is 0 Å². The Kier molecular flexibility index (Phi) is 6.82. The van der Waals surface area contributed by atoms with E-state index in [1.165, 1.54) is 4.90 Å². The van der Waals surface area contributed by atoms with Gasteiger partial charge in [-0.3, -0.25) is 14.5 Å². The summed E-state index contributed by atoms with van der Waals surface area (Å²) in [6.45, 7) is 8.93. The van der Waals surface area contributed by atoms with Crippen LogP contribution < -0.4 is 10.1 Å². The fourth-order valence-electron chi connectivity index (χ4n) is 3.90. The van der Waals surface area contributed by atoms with Crippen molar-refractivity contribution in [1.29, 1.82) is 0 Å². The van der Waals surface area contributed by atoms with Crippen molar-refractivity contribution in [2.24, 2.45) is 0 Å². The molecule has 0 fully saturated rings. The number of imide groups is 1. The number of aryl methyl sites for hydroxylation is 3. The lowest BCUT2D eigenvalue weighted by molar-refractivity contribution is -0.137. The molecule has 0 spiro atoms. The summed E-state index contributed by atoms with van der Waals surface area (Å²) in [7, 11) is 0. The Morgan fingerprint density at radius 2 is 1.62 bits per heavy atom. The number of amides is 2. The smallest absolute Gasteiger partial charge is 0.278 e. The van der Waals surface area contributed by atoms with Crippen LogP contribution in [-0.4, -0.2) is 23.3 Å². The van der Waals surface area contributed by atoms with Crippen LogP contribution in [0, 0.1) is 20.8 Å². The van der Waals surface area contributed by atoms with Crippen LogP contribution in [0.15, 0.2) is 72.4 Å². The van der Waals surface area contributed by atoms with Crippen molar-refractivity contribution in [2.45, 2.75) is 40.7 Å². The van der Waals surface area contributed by atoms with Crippen molar-refractivity contribution >= 4 is 23.1 Å². The highest BCUT2D eigenvalue weighted by atomic mass is 16.5. The molecule has 1 heterocycles. The third kappa shape index (κ3) is 4.88. The Bertz CT molecular complexity index is 1260. The van der Waals surface area contributed by atoms with E-state index in [2.05, 4.69) is 5.32 Å². The van der Waals surface area contributed by atoms with E-state index >= 15 is 0 Å². The Labute approximate surface area is 201 Å². The second-order valence-electron chi connectivity index (χ2n) is 8.73. The van der Waals surface area contributed by atoms with E-state index in [9.17, 15) is 9.59 Å². The van der Waals surface area contributed by atoms with Crippen LogP contribution in [-0.2, 0) is 16.1 Å². The summed E-state index contributed by atoms with van der Waals surface area (Å²) in [4.78, 5) is 28.4. The first-order valence-corrected chi connectivity index (χ1v) is 11.6. The number of hydrogen-bond acceptors (Lipinski definition) is 4. The summed E-state index contributed by atoms with van der Waals surface area (Å²) in [5.74, 6) is 0.0851. The van der Waals surface area contributed by atoms with E-state index in [4.69, 9.17) is 4.74 Å². The number of anilines is 1. The number of ether oxygens (including phenoxy) is 1. The molecule has 0 aromatic heterocycles. The Morgan fingerprint density at radius 3 is 2.32 bits per heavy atom. The minimum atomic E-state index is -0.335. The van der Waals surface area contributed by atoms with Crippen molar-refractivity contribution in [1.82, 2.24) is 4.90 Å². The molecule has 5 heteroatoms. The topological polar surface area (TPSA) is 58.6 Å². The highest BCUT2D eigenvalue weighted by Crippen LogP contribution is 2.33. The minimum absolute atomic E-state index is 0.219. The van der Waals surface area contributed by atoms with Crippen LogP contribution in [0.3, 0.4) is 0 Å². The molecule has 3 aromatic rings. The summed E-state index contributed by atoms with van der Waals surface area (Å²) < 4.78 is 5.74. The van der Waals surface area contributed by atoms with E-state index < -0.39 is 0 Å². The third-order valence-electron chi connectivity index (χ3n) is 6.00. The molecule has 4 rings (SSSR count). The molecule has 174 valence electrons. The van der Waals surface area contributed by atoms with Gasteiger partial charge in [0.15, 0.2) is 0 Å². The lowest BCUT2D eigenvalue weighted by atomic mass is 9.99. The highest BCUT2D eigenvalue weighted by Gasteiger charge is 2.39. The molecule has 0 saturated carbocycles. The maximum absolute atomic E-state index is 13.6. The normalized spacial score (nSPS) is 13.6. The molecular weight excluding hydrogens is 424 g/mol. The van der Waals surface area contributed by atoms with Gasteiger partial charge in [-0.25, -0.2) is 0 Å². The van der Waals surface area contributed by atoms with E-state index in [-0.39, 0.29) is 24.1 Å². The maximum Gasteiger partial charge on any atom is 0.278 e. The van der Waals surface area contributed by atoms with Crippen LogP contribution in [0.4, 0.5) is 5.69 Å². The number of carbonyl (C=O) groups is 2. The van der Waals surface area contributed by atoms with Crippen LogP contribution in [0.1, 0.15) is 41.2 Å². The van der Waals surface area contributed by atoms with Gasteiger partial charge in [0.05, 0.1) is 18.7 Å². The zero-order valence-electron chi connectivity index (χ0n) is 20.1. The van der Waals surface area contributed by atoms with Gasteiger partial charge in [-0.1, -0.05) is 61.0 Å². The lowest BCUT2D eigenvalue weighted by Gasteiger charge is -2.16. The first kappa shape index (κ1) is 23.3. The lowest BCUT2D eigenvalue weighted by Crippen LogP contribution is -2.32. The van der Waals surface area contributed by atoms with Crippen molar-refractivity contribution < 1.29 is 14.3 Å². The average molecular weight is 455 g/mol. The first-order chi connectivity index (χ1) is 16.4. The van der Waals surface area contributed by atoms with E-state index in [0.717, 1.165) is 34.2 Å². The van der Waals surface area contributed by atoms with Crippen LogP contribution in [0.25, 0.3) is 5.57 Å². The van der Waals surface area contributed by atoms with Gasteiger partial charge in [-0.15, -0.1) is 0 Å². The molecule has 34 heavy (non-hydrogen) atoms. The molecule has 1 aliphatic heterocycles. The van der Waals surface area contributed by atoms with Gasteiger partial charge < -0.3 is 10.1 Å². The number of nitrogens with one attached hydrogen (secondary N) is 1. The molecule has 0 bridgehead atoms. The molecule has 3 aromatic carbocycles. The van der Waals surface area contributed by atoms with Crippen molar-refractivity contribution in [3.63, 3.8) is 0 Å². The summed E-state index contributed by atoms with van der Waals surface area (Å²) in [6.07, 6.45) is 0.903. The highest BCUT2D eigenvalue weighted by molar-refractivity contribution is 6.36. The van der Waals surface area contributed by atoms with Gasteiger partial charge in [0.25, 0.3) is 11.8 Å². The number of rotatable bonds is 8. The predicted octanol–water partition coefficient (Wildman–Crippen LogP) is 5.79. The summed E-state index contributed by atoms with van der Waals surface area (Å²) in [5.41, 5.74) is 6.34. The maximum atomic E-state index is 13.6. The summed E-state index contributed by atoms with van der Waals surface area (Å²) >= 11 is 0. The molecule has 0 radical (unpaired) electrons. The standard InChI is InChI=1S/C29H30N2O3/c1-5-15-34-25-8-6-7-24(17-25)30-27-26(23-14-11-20(3)21(4)16-23)28(32)31(29(27)33)18-22-12-9-19(2)10-13-22/h6-14,16-17,30H,5,15,18H2,1-4H3. The number of nitrogens with zero attached hydrogens (tertiary/aromatic N) is 1. The summed E-state index contributed by atoms with van der Waals surface area (Å²) in [6, 6.07) is 21.2. The quantitative estimate of drug-likeness (QED) is 0.438. The molecular formula is C29H30N2O3. The molecule has 5 nitrogen and oxygen atoms in total. The van der Waals surface area contributed by atoms with Crippen LogP contribution in [0.2, 0.25) is 0 Å². The van der Waals surface area contributed by atoms with Gasteiger partial charge in [0.1, 0.15) is 11.4 Å². The monoisotopic (exact) mass is 454 g/mol. The molecule has 0 atom stereocenters. The Hall–Kier alpha value is -3.86. The second kappa shape index (κ2) is 9.96. The largest absolute Gasteiger partial charge is 0.494 e. The van der Waals surface area contributed by atoms with Crippen molar-refractivity contribution in [2.75, 3.05) is 11.9 Å². The molecule has 0 aliphatic carbocycles. The molecule has 0 saturated heterocycles. The van der Waals surface area contributed by atoms with Gasteiger partial charge in [-0.05, 0) is 61.6 Å². The molecule has 0 unspecified atom stereocenters.